The Bertz CT molecular complexity index is 486. The number of aromatic nitrogens is 2. The lowest BCUT2D eigenvalue weighted by atomic mass is 10.1. The molecule has 0 aliphatic heterocycles. The highest BCUT2D eigenvalue weighted by Crippen LogP contribution is 2.41. The molecule has 1 heterocycles. The summed E-state index contributed by atoms with van der Waals surface area (Å²) in [6.07, 6.45) is 1.08. The molecule has 0 saturated heterocycles. The summed E-state index contributed by atoms with van der Waals surface area (Å²) in [6, 6.07) is 8.65. The van der Waals surface area contributed by atoms with Crippen molar-refractivity contribution in [3.05, 3.63) is 30.0 Å². The maximum Gasteiger partial charge on any atom is 0.0750 e. The lowest BCUT2D eigenvalue weighted by Crippen LogP contribution is -2.01. The maximum atomic E-state index is 5.85. The first kappa shape index (κ1) is 8.00. The van der Waals surface area contributed by atoms with Crippen molar-refractivity contribution in [3.8, 4) is 0 Å². The molecule has 0 spiro atoms. The quantitative estimate of drug-likeness (QED) is 0.733. The van der Waals surface area contributed by atoms with E-state index in [0.29, 0.717) is 12.0 Å². The van der Waals surface area contributed by atoms with Gasteiger partial charge in [0, 0.05) is 24.4 Å². The maximum absolute atomic E-state index is 5.85. The van der Waals surface area contributed by atoms with Gasteiger partial charge in [0.15, 0.2) is 0 Å². The lowest BCUT2D eigenvalue weighted by molar-refractivity contribution is 0.762. The Balaban J connectivity index is 2.24. The van der Waals surface area contributed by atoms with E-state index in [-0.39, 0.29) is 0 Å². The summed E-state index contributed by atoms with van der Waals surface area (Å²) in [5.41, 5.74) is 8.22. The van der Waals surface area contributed by atoms with E-state index in [1.165, 1.54) is 16.6 Å². The van der Waals surface area contributed by atoms with Crippen LogP contribution in [0.3, 0.4) is 0 Å². The zero-order valence-electron chi connectivity index (χ0n) is 8.14. The van der Waals surface area contributed by atoms with Crippen LogP contribution >= 0.6 is 0 Å². The molecule has 0 radical (unpaired) electrons. The van der Waals surface area contributed by atoms with Crippen molar-refractivity contribution in [2.45, 2.75) is 18.4 Å². The molecule has 3 rings (SSSR count). The largest absolute Gasteiger partial charge is 0.327 e. The van der Waals surface area contributed by atoms with Gasteiger partial charge in [-0.15, -0.1) is 0 Å². The molecule has 3 heteroatoms. The van der Waals surface area contributed by atoms with Crippen LogP contribution in [0, 0.1) is 0 Å². The minimum absolute atomic E-state index is 0.327. The van der Waals surface area contributed by atoms with Gasteiger partial charge in [0.1, 0.15) is 0 Å². The Labute approximate surface area is 82.5 Å². The van der Waals surface area contributed by atoms with Crippen molar-refractivity contribution in [1.82, 2.24) is 9.78 Å². The average molecular weight is 187 g/mol. The lowest BCUT2D eigenvalue weighted by Gasteiger charge is -1.92. The van der Waals surface area contributed by atoms with E-state index in [9.17, 15) is 0 Å². The van der Waals surface area contributed by atoms with E-state index in [4.69, 9.17) is 5.73 Å². The minimum atomic E-state index is 0.327. The molecule has 14 heavy (non-hydrogen) atoms. The van der Waals surface area contributed by atoms with Crippen LogP contribution in [0.5, 0.6) is 0 Å². The van der Waals surface area contributed by atoms with Gasteiger partial charge in [-0.2, -0.15) is 5.10 Å². The van der Waals surface area contributed by atoms with Crippen molar-refractivity contribution >= 4 is 10.9 Å². The zero-order valence-corrected chi connectivity index (χ0v) is 8.14. The normalized spacial score (nSPS) is 25.6. The molecule has 2 atom stereocenters. The van der Waals surface area contributed by atoms with Crippen molar-refractivity contribution in [2.24, 2.45) is 12.8 Å². The summed E-state index contributed by atoms with van der Waals surface area (Å²) in [5, 5.41) is 5.80. The Morgan fingerprint density at radius 3 is 2.86 bits per heavy atom. The standard InChI is InChI=1S/C11H13N3/c1-14-10-5-3-2-4-7(10)11(13-14)8-6-9(8)12/h2-5,8-9H,6,12H2,1H3/t8-,9-/m1/s1. The summed E-state index contributed by atoms with van der Waals surface area (Å²) in [6.45, 7) is 0. The fraction of sp³-hybridized carbons (Fsp3) is 0.364. The van der Waals surface area contributed by atoms with Gasteiger partial charge in [-0.25, -0.2) is 0 Å². The molecule has 0 amide bonds. The molecule has 2 N–H and O–H groups in total. The molecule has 0 unspecified atom stereocenters. The third-order valence-electron chi connectivity index (χ3n) is 2.98. The van der Waals surface area contributed by atoms with Gasteiger partial charge in [0.25, 0.3) is 0 Å². The highest BCUT2D eigenvalue weighted by molar-refractivity contribution is 5.82. The fourth-order valence-electron chi connectivity index (χ4n) is 2.04. The monoisotopic (exact) mass is 187 g/mol. The summed E-state index contributed by atoms with van der Waals surface area (Å²) in [7, 11) is 1.99. The number of nitrogens with zero attached hydrogens (tertiary/aromatic N) is 2. The van der Waals surface area contributed by atoms with Gasteiger partial charge in [0.2, 0.25) is 0 Å². The van der Waals surface area contributed by atoms with E-state index < -0.39 is 0 Å². The number of hydrogen-bond acceptors (Lipinski definition) is 2. The third kappa shape index (κ3) is 0.990. The topological polar surface area (TPSA) is 43.8 Å². The highest BCUT2D eigenvalue weighted by Gasteiger charge is 2.38. The molecule has 1 saturated carbocycles. The van der Waals surface area contributed by atoms with E-state index in [2.05, 4.69) is 23.3 Å². The second kappa shape index (κ2) is 2.58. The second-order valence-corrected chi connectivity index (χ2v) is 4.03. The first-order valence-corrected chi connectivity index (χ1v) is 4.94. The van der Waals surface area contributed by atoms with Crippen LogP contribution in [0.15, 0.2) is 24.3 Å². The van der Waals surface area contributed by atoms with Gasteiger partial charge >= 0.3 is 0 Å². The Morgan fingerprint density at radius 1 is 1.43 bits per heavy atom. The van der Waals surface area contributed by atoms with Gasteiger partial charge in [0.05, 0.1) is 11.2 Å². The molecule has 1 aliphatic rings. The third-order valence-corrected chi connectivity index (χ3v) is 2.98. The van der Waals surface area contributed by atoms with Crippen LogP contribution in [0.25, 0.3) is 10.9 Å². The van der Waals surface area contributed by atoms with Crippen molar-refractivity contribution < 1.29 is 0 Å². The summed E-state index contributed by atoms with van der Waals surface area (Å²) in [5.74, 6) is 0.487. The van der Waals surface area contributed by atoms with Crippen molar-refractivity contribution in [2.75, 3.05) is 0 Å². The SMILES string of the molecule is Cn1nc([C@@H]2C[C@H]2N)c2ccccc21. The van der Waals surface area contributed by atoms with Crippen molar-refractivity contribution in [1.29, 1.82) is 0 Å². The van der Waals surface area contributed by atoms with Crippen LogP contribution in [-0.4, -0.2) is 15.8 Å². The molecule has 1 aromatic carbocycles. The number of para-hydroxylation sites is 1. The number of hydrogen-bond donors (Lipinski definition) is 1. The van der Waals surface area contributed by atoms with Gasteiger partial charge in [-0.3, -0.25) is 4.68 Å². The summed E-state index contributed by atoms with van der Waals surface area (Å²) < 4.78 is 1.94. The number of rotatable bonds is 1. The second-order valence-electron chi connectivity index (χ2n) is 4.03. The Kier molecular flexibility index (Phi) is 1.47. The van der Waals surface area contributed by atoms with Crippen LogP contribution in [0.4, 0.5) is 0 Å². The van der Waals surface area contributed by atoms with Crippen LogP contribution in [0.1, 0.15) is 18.0 Å². The Morgan fingerprint density at radius 2 is 2.14 bits per heavy atom. The molecule has 2 aromatic rings. The summed E-state index contributed by atoms with van der Waals surface area (Å²) in [4.78, 5) is 0. The fourth-order valence-corrected chi connectivity index (χ4v) is 2.04. The first-order chi connectivity index (χ1) is 6.77. The van der Waals surface area contributed by atoms with Crippen LogP contribution < -0.4 is 5.73 Å². The number of aryl methyl sites for hydroxylation is 1. The van der Waals surface area contributed by atoms with Crippen LogP contribution in [-0.2, 0) is 7.05 Å². The molecule has 3 nitrogen and oxygen atoms in total. The average Bonchev–Trinajstić information content (AvgIpc) is 2.82. The van der Waals surface area contributed by atoms with Gasteiger partial charge in [-0.1, -0.05) is 18.2 Å². The predicted octanol–water partition coefficient (Wildman–Crippen LogP) is 1.39. The number of fused-ring (bicyclic) bond motifs is 1. The minimum Gasteiger partial charge on any atom is -0.327 e. The number of nitrogens with two attached hydrogens (primary N) is 1. The molecule has 1 aliphatic carbocycles. The van der Waals surface area contributed by atoms with Crippen LogP contribution in [0.2, 0.25) is 0 Å². The van der Waals surface area contributed by atoms with Gasteiger partial charge in [-0.05, 0) is 12.5 Å². The van der Waals surface area contributed by atoms with E-state index in [1.54, 1.807) is 0 Å². The highest BCUT2D eigenvalue weighted by atomic mass is 15.3. The van der Waals surface area contributed by atoms with E-state index >= 15 is 0 Å². The molecule has 0 bridgehead atoms. The molecule has 1 fully saturated rings. The smallest absolute Gasteiger partial charge is 0.0750 e. The molecule has 1 aromatic heterocycles. The Hall–Kier alpha value is -1.35. The van der Waals surface area contributed by atoms with E-state index in [0.717, 1.165) is 6.42 Å². The van der Waals surface area contributed by atoms with E-state index in [1.807, 2.05) is 17.8 Å². The number of benzene rings is 1. The zero-order chi connectivity index (χ0) is 9.71. The molecule has 72 valence electrons. The molecular weight excluding hydrogens is 174 g/mol. The van der Waals surface area contributed by atoms with Gasteiger partial charge < -0.3 is 5.73 Å². The molecular formula is C11H13N3. The predicted molar refractivity (Wildman–Crippen MR) is 56.0 cm³/mol. The van der Waals surface area contributed by atoms with Crippen molar-refractivity contribution in [3.63, 3.8) is 0 Å². The first-order valence-electron chi connectivity index (χ1n) is 4.94. The summed E-state index contributed by atoms with van der Waals surface area (Å²) >= 11 is 0.